The molecule has 0 fully saturated rings. The quantitative estimate of drug-likeness (QED) is 0.421. The zero-order chi connectivity index (χ0) is 23.9. The van der Waals surface area contributed by atoms with Crippen LogP contribution >= 0.6 is 0 Å². The molecule has 0 aliphatic carbocycles. The average molecular weight is 455 g/mol. The van der Waals surface area contributed by atoms with E-state index in [4.69, 9.17) is 9.84 Å². The van der Waals surface area contributed by atoms with Crippen molar-refractivity contribution < 1.29 is 14.3 Å². The van der Waals surface area contributed by atoms with Crippen LogP contribution in [0.4, 0.5) is 5.82 Å². The Bertz CT molecular complexity index is 1270. The first-order valence-electron chi connectivity index (χ1n) is 11.0. The van der Waals surface area contributed by atoms with Gasteiger partial charge in [0.1, 0.15) is 18.1 Å². The lowest BCUT2D eigenvalue weighted by Crippen LogP contribution is -2.38. The molecule has 0 radical (unpaired) electrons. The highest BCUT2D eigenvalue weighted by Gasteiger charge is 2.21. The third-order valence-corrected chi connectivity index (χ3v) is 5.39. The highest BCUT2D eigenvalue weighted by molar-refractivity contribution is 6.01. The number of nitrogens with zero attached hydrogens (tertiary/aromatic N) is 3. The molecule has 3 aromatic carbocycles. The second-order valence-corrected chi connectivity index (χ2v) is 7.60. The van der Waals surface area contributed by atoms with Crippen molar-refractivity contribution in [3.05, 3.63) is 96.6 Å². The van der Waals surface area contributed by atoms with E-state index in [-0.39, 0.29) is 18.4 Å². The molecule has 7 heteroatoms. The van der Waals surface area contributed by atoms with E-state index in [1.54, 1.807) is 28.9 Å². The second kappa shape index (κ2) is 10.5. The van der Waals surface area contributed by atoms with E-state index in [0.29, 0.717) is 23.7 Å². The maximum atomic E-state index is 13.1. The summed E-state index contributed by atoms with van der Waals surface area (Å²) in [6.45, 7) is 2.11. The zero-order valence-electron chi connectivity index (χ0n) is 19.1. The fraction of sp³-hybridized carbons (Fsp3) is 0.148. The molecule has 0 aliphatic heterocycles. The molecule has 34 heavy (non-hydrogen) atoms. The third kappa shape index (κ3) is 4.99. The number of ether oxygens (including phenoxy) is 1. The van der Waals surface area contributed by atoms with Gasteiger partial charge in [-0.2, -0.15) is 5.10 Å². The minimum absolute atomic E-state index is 0.103. The predicted octanol–water partition coefficient (Wildman–Crippen LogP) is 4.65. The van der Waals surface area contributed by atoms with Crippen LogP contribution in [-0.4, -0.2) is 46.7 Å². The van der Waals surface area contributed by atoms with Crippen molar-refractivity contribution in [2.24, 2.45) is 0 Å². The van der Waals surface area contributed by atoms with E-state index in [9.17, 15) is 9.59 Å². The van der Waals surface area contributed by atoms with Gasteiger partial charge >= 0.3 is 0 Å². The predicted molar refractivity (Wildman–Crippen MR) is 132 cm³/mol. The van der Waals surface area contributed by atoms with Gasteiger partial charge in [-0.25, -0.2) is 4.68 Å². The van der Waals surface area contributed by atoms with Crippen LogP contribution in [0, 0.1) is 0 Å². The van der Waals surface area contributed by atoms with Gasteiger partial charge in [0.2, 0.25) is 5.91 Å². The van der Waals surface area contributed by atoms with E-state index in [1.165, 1.54) is 12.0 Å². The maximum absolute atomic E-state index is 13.1. The zero-order valence-corrected chi connectivity index (χ0v) is 19.1. The van der Waals surface area contributed by atoms with Gasteiger partial charge in [-0.05, 0) is 31.2 Å². The first-order valence-corrected chi connectivity index (χ1v) is 11.0. The molecule has 0 saturated carbocycles. The normalized spacial score (nSPS) is 10.5. The van der Waals surface area contributed by atoms with Gasteiger partial charge in [0.25, 0.3) is 5.91 Å². The van der Waals surface area contributed by atoms with Crippen LogP contribution < -0.4 is 10.1 Å². The summed E-state index contributed by atoms with van der Waals surface area (Å²) in [6.07, 6.45) is 0. The molecular weight excluding hydrogens is 428 g/mol. The Kier molecular flexibility index (Phi) is 7.03. The van der Waals surface area contributed by atoms with Crippen molar-refractivity contribution in [2.45, 2.75) is 6.92 Å². The van der Waals surface area contributed by atoms with Crippen LogP contribution in [0.3, 0.4) is 0 Å². The monoisotopic (exact) mass is 454 g/mol. The fourth-order valence-electron chi connectivity index (χ4n) is 3.66. The maximum Gasteiger partial charge on any atom is 0.258 e. The fourth-order valence-corrected chi connectivity index (χ4v) is 3.66. The van der Waals surface area contributed by atoms with Gasteiger partial charge in [0.15, 0.2) is 0 Å². The summed E-state index contributed by atoms with van der Waals surface area (Å²) in [5.41, 5.74) is 2.91. The summed E-state index contributed by atoms with van der Waals surface area (Å²) in [6, 6.07) is 28.2. The van der Waals surface area contributed by atoms with Crippen molar-refractivity contribution in [2.75, 3.05) is 25.5 Å². The van der Waals surface area contributed by atoms with Gasteiger partial charge in [-0.15, -0.1) is 0 Å². The number of methoxy groups -OCH3 is 1. The van der Waals surface area contributed by atoms with Crippen LogP contribution in [0.1, 0.15) is 17.3 Å². The number of benzene rings is 3. The molecule has 4 rings (SSSR count). The molecule has 1 heterocycles. The number of rotatable bonds is 8. The third-order valence-electron chi connectivity index (χ3n) is 5.39. The van der Waals surface area contributed by atoms with E-state index in [0.717, 1.165) is 16.9 Å². The van der Waals surface area contributed by atoms with Crippen LogP contribution in [-0.2, 0) is 4.79 Å². The SMILES string of the molecule is CCN(CC(=O)Nc1cc(-c2ccccc2)nn1-c1ccccc1)C(=O)c1ccccc1OC. The number of hydrogen-bond acceptors (Lipinski definition) is 4. The van der Waals surface area contributed by atoms with Crippen LogP contribution in [0.5, 0.6) is 5.75 Å². The molecule has 0 atom stereocenters. The van der Waals surface area contributed by atoms with Gasteiger partial charge in [-0.3, -0.25) is 9.59 Å². The molecule has 1 aromatic heterocycles. The van der Waals surface area contributed by atoms with Gasteiger partial charge in [-0.1, -0.05) is 60.7 Å². The lowest BCUT2D eigenvalue weighted by molar-refractivity contribution is -0.116. The molecule has 0 aliphatic rings. The molecule has 172 valence electrons. The average Bonchev–Trinajstić information content (AvgIpc) is 3.31. The number of hydrogen-bond donors (Lipinski definition) is 1. The Morgan fingerprint density at radius 2 is 1.59 bits per heavy atom. The molecule has 1 N–H and O–H groups in total. The summed E-state index contributed by atoms with van der Waals surface area (Å²) >= 11 is 0. The topological polar surface area (TPSA) is 76.5 Å². The lowest BCUT2D eigenvalue weighted by atomic mass is 10.1. The Labute approximate surface area is 198 Å². The molecule has 0 spiro atoms. The van der Waals surface area contributed by atoms with Crippen molar-refractivity contribution in [1.29, 1.82) is 0 Å². The van der Waals surface area contributed by atoms with E-state index in [2.05, 4.69) is 5.32 Å². The number of amides is 2. The van der Waals surface area contributed by atoms with Crippen LogP contribution in [0.25, 0.3) is 16.9 Å². The van der Waals surface area contributed by atoms with E-state index < -0.39 is 0 Å². The van der Waals surface area contributed by atoms with Crippen LogP contribution in [0.15, 0.2) is 91.0 Å². The molecule has 7 nitrogen and oxygen atoms in total. The summed E-state index contributed by atoms with van der Waals surface area (Å²) in [7, 11) is 1.52. The molecule has 4 aromatic rings. The Hall–Kier alpha value is -4.39. The van der Waals surface area contributed by atoms with Crippen molar-refractivity contribution >= 4 is 17.6 Å². The second-order valence-electron chi connectivity index (χ2n) is 7.60. The summed E-state index contributed by atoms with van der Waals surface area (Å²) in [4.78, 5) is 27.6. The molecule has 0 saturated heterocycles. The number of carbonyl (C=O) groups is 2. The number of anilines is 1. The van der Waals surface area contributed by atoms with Gasteiger partial charge in [0.05, 0.1) is 24.1 Å². The summed E-state index contributed by atoms with van der Waals surface area (Å²) in [5, 5.41) is 7.65. The van der Waals surface area contributed by atoms with Gasteiger partial charge in [0, 0.05) is 18.2 Å². The number of likely N-dealkylation sites (N-methyl/N-ethyl adjacent to an activating group) is 1. The lowest BCUT2D eigenvalue weighted by Gasteiger charge is -2.21. The summed E-state index contributed by atoms with van der Waals surface area (Å²) in [5.74, 6) is 0.412. The summed E-state index contributed by atoms with van der Waals surface area (Å²) < 4.78 is 7.00. The Balaban J connectivity index is 1.58. The van der Waals surface area contributed by atoms with Crippen molar-refractivity contribution in [3.63, 3.8) is 0 Å². The molecule has 2 amide bonds. The number of nitrogens with one attached hydrogen (secondary N) is 1. The first-order chi connectivity index (χ1) is 16.6. The molecule has 0 unspecified atom stereocenters. The number of para-hydroxylation sites is 2. The Morgan fingerprint density at radius 1 is 0.941 bits per heavy atom. The number of aromatic nitrogens is 2. The standard InChI is InChI=1S/C27H26N4O3/c1-3-30(27(33)22-16-10-11-17-24(22)34-2)19-26(32)28-25-18-23(20-12-6-4-7-13-20)29-31(25)21-14-8-5-9-15-21/h4-18H,3,19H2,1-2H3,(H,28,32). The van der Waals surface area contributed by atoms with E-state index >= 15 is 0 Å². The number of carbonyl (C=O) groups excluding carboxylic acids is 2. The van der Waals surface area contributed by atoms with Crippen molar-refractivity contribution in [1.82, 2.24) is 14.7 Å². The van der Waals surface area contributed by atoms with E-state index in [1.807, 2.05) is 73.7 Å². The van der Waals surface area contributed by atoms with Crippen LogP contribution in [0.2, 0.25) is 0 Å². The Morgan fingerprint density at radius 3 is 2.26 bits per heavy atom. The highest BCUT2D eigenvalue weighted by Crippen LogP contribution is 2.25. The molecular formula is C27H26N4O3. The highest BCUT2D eigenvalue weighted by atomic mass is 16.5. The van der Waals surface area contributed by atoms with Crippen molar-refractivity contribution in [3.8, 4) is 22.7 Å². The minimum Gasteiger partial charge on any atom is -0.496 e. The largest absolute Gasteiger partial charge is 0.496 e. The first kappa shape index (κ1) is 22.8. The molecule has 0 bridgehead atoms. The smallest absolute Gasteiger partial charge is 0.258 e. The van der Waals surface area contributed by atoms with Gasteiger partial charge < -0.3 is 15.0 Å². The minimum atomic E-state index is -0.318.